The van der Waals surface area contributed by atoms with Crippen LogP contribution in [0.3, 0.4) is 0 Å². The number of hydrogen-bond acceptors (Lipinski definition) is 4. The number of rotatable bonds is 6. The van der Waals surface area contributed by atoms with Crippen molar-refractivity contribution in [2.45, 2.75) is 13.3 Å². The number of hydrogen-bond donors (Lipinski definition) is 1. The lowest BCUT2D eigenvalue weighted by atomic mass is 10.1. The van der Waals surface area contributed by atoms with Crippen LogP contribution in [0.25, 0.3) is 0 Å². The monoisotopic (exact) mass is 333 g/mol. The van der Waals surface area contributed by atoms with Gasteiger partial charge in [-0.1, -0.05) is 6.07 Å². The summed E-state index contributed by atoms with van der Waals surface area (Å²) in [5.41, 5.74) is 1.93. The summed E-state index contributed by atoms with van der Waals surface area (Å²) in [5.74, 6) is 0.745. The highest BCUT2D eigenvalue weighted by atomic mass is 19.1. The van der Waals surface area contributed by atoms with Crippen LogP contribution in [0.4, 0.5) is 10.1 Å². The van der Waals surface area contributed by atoms with Crippen molar-refractivity contribution in [3.05, 3.63) is 47.3 Å². The Morgan fingerprint density at radius 1 is 1.04 bits per heavy atom. The molecule has 2 rings (SSSR count). The molecule has 2 aromatic carbocycles. The predicted molar refractivity (Wildman–Crippen MR) is 89.6 cm³/mol. The summed E-state index contributed by atoms with van der Waals surface area (Å²) in [7, 11) is 4.54. The third-order valence-electron chi connectivity index (χ3n) is 3.56. The SMILES string of the molecule is COc1cc(CC(=O)Nc2cc(F)ccc2C)cc(OC)c1OC. The second-order valence-electron chi connectivity index (χ2n) is 5.22. The topological polar surface area (TPSA) is 56.8 Å². The van der Waals surface area contributed by atoms with E-state index in [0.717, 1.165) is 5.56 Å². The van der Waals surface area contributed by atoms with Crippen LogP contribution < -0.4 is 19.5 Å². The van der Waals surface area contributed by atoms with Gasteiger partial charge in [0.05, 0.1) is 27.8 Å². The van der Waals surface area contributed by atoms with Crippen molar-refractivity contribution >= 4 is 11.6 Å². The van der Waals surface area contributed by atoms with Gasteiger partial charge in [-0.15, -0.1) is 0 Å². The molecule has 0 spiro atoms. The molecule has 0 aliphatic carbocycles. The van der Waals surface area contributed by atoms with Crippen LogP contribution in [0.15, 0.2) is 30.3 Å². The Kier molecular flexibility index (Phi) is 5.63. The van der Waals surface area contributed by atoms with Crippen molar-refractivity contribution < 1.29 is 23.4 Å². The highest BCUT2D eigenvalue weighted by Gasteiger charge is 2.15. The van der Waals surface area contributed by atoms with Crippen molar-refractivity contribution in [2.75, 3.05) is 26.6 Å². The van der Waals surface area contributed by atoms with Crippen LogP contribution in [-0.4, -0.2) is 27.2 Å². The molecule has 1 amide bonds. The summed E-state index contributed by atoms with van der Waals surface area (Å²) in [4.78, 5) is 12.3. The average Bonchev–Trinajstić information content (AvgIpc) is 2.57. The third-order valence-corrected chi connectivity index (χ3v) is 3.56. The molecule has 0 aliphatic heterocycles. The Morgan fingerprint density at radius 3 is 2.21 bits per heavy atom. The molecule has 0 fully saturated rings. The van der Waals surface area contributed by atoms with Crippen molar-refractivity contribution in [3.8, 4) is 17.2 Å². The van der Waals surface area contributed by atoms with Crippen molar-refractivity contribution in [2.24, 2.45) is 0 Å². The maximum Gasteiger partial charge on any atom is 0.228 e. The molecule has 0 atom stereocenters. The first-order chi connectivity index (χ1) is 11.5. The second-order valence-corrected chi connectivity index (χ2v) is 5.22. The zero-order chi connectivity index (χ0) is 17.7. The zero-order valence-corrected chi connectivity index (χ0v) is 14.1. The second kappa shape index (κ2) is 7.68. The minimum Gasteiger partial charge on any atom is -0.493 e. The Balaban J connectivity index is 2.21. The highest BCUT2D eigenvalue weighted by Crippen LogP contribution is 2.38. The normalized spacial score (nSPS) is 10.2. The van der Waals surface area contributed by atoms with E-state index in [1.165, 1.54) is 33.5 Å². The number of nitrogens with one attached hydrogen (secondary N) is 1. The van der Waals surface area contributed by atoms with Gasteiger partial charge >= 0.3 is 0 Å². The first-order valence-electron chi connectivity index (χ1n) is 7.33. The first-order valence-corrected chi connectivity index (χ1v) is 7.33. The Morgan fingerprint density at radius 2 is 1.67 bits per heavy atom. The van der Waals surface area contributed by atoms with E-state index >= 15 is 0 Å². The van der Waals surface area contributed by atoms with Gasteiger partial charge in [-0.3, -0.25) is 4.79 Å². The van der Waals surface area contributed by atoms with E-state index in [-0.39, 0.29) is 12.3 Å². The third kappa shape index (κ3) is 3.95. The number of anilines is 1. The summed E-state index contributed by atoms with van der Waals surface area (Å²) in [5, 5.41) is 2.71. The Hall–Kier alpha value is -2.76. The summed E-state index contributed by atoms with van der Waals surface area (Å²) in [6.45, 7) is 1.80. The van der Waals surface area contributed by atoms with Crippen molar-refractivity contribution in [1.29, 1.82) is 0 Å². The van der Waals surface area contributed by atoms with Crippen LogP contribution in [-0.2, 0) is 11.2 Å². The van der Waals surface area contributed by atoms with Crippen LogP contribution in [0.1, 0.15) is 11.1 Å². The first kappa shape index (κ1) is 17.6. The molecule has 0 unspecified atom stereocenters. The molecule has 0 radical (unpaired) electrons. The van der Waals surface area contributed by atoms with E-state index in [9.17, 15) is 9.18 Å². The number of benzene rings is 2. The molecule has 6 heteroatoms. The number of carbonyl (C=O) groups is 1. The van der Waals surface area contributed by atoms with Crippen LogP contribution in [0.5, 0.6) is 17.2 Å². The van der Waals surface area contributed by atoms with E-state index in [1.54, 1.807) is 25.1 Å². The van der Waals surface area contributed by atoms with E-state index < -0.39 is 5.82 Å². The van der Waals surface area contributed by atoms with Gasteiger partial charge < -0.3 is 19.5 Å². The number of methoxy groups -OCH3 is 3. The molecule has 2 aromatic rings. The molecule has 5 nitrogen and oxygen atoms in total. The minimum absolute atomic E-state index is 0.0899. The predicted octanol–water partition coefficient (Wildman–Crippen LogP) is 3.34. The molecular formula is C18H20FNO4. The largest absolute Gasteiger partial charge is 0.493 e. The van der Waals surface area contributed by atoms with Gasteiger partial charge in [0.2, 0.25) is 11.7 Å². The fourth-order valence-corrected chi connectivity index (χ4v) is 2.35. The van der Waals surface area contributed by atoms with Crippen LogP contribution >= 0.6 is 0 Å². The summed E-state index contributed by atoms with van der Waals surface area (Å²) in [6.07, 6.45) is 0.0899. The van der Waals surface area contributed by atoms with Crippen LogP contribution in [0.2, 0.25) is 0 Å². The molecule has 0 aromatic heterocycles. The molecular weight excluding hydrogens is 313 g/mol. The summed E-state index contributed by atoms with van der Waals surface area (Å²) >= 11 is 0. The lowest BCUT2D eigenvalue weighted by molar-refractivity contribution is -0.115. The van der Waals surface area contributed by atoms with Gasteiger partial charge in [0.1, 0.15) is 5.82 Å². The lowest BCUT2D eigenvalue weighted by Crippen LogP contribution is -2.15. The lowest BCUT2D eigenvalue weighted by Gasteiger charge is -2.14. The number of amides is 1. The molecule has 24 heavy (non-hydrogen) atoms. The maximum absolute atomic E-state index is 13.3. The van der Waals surface area contributed by atoms with Gasteiger partial charge in [0.25, 0.3) is 0 Å². The number of halogens is 1. The standard InChI is InChI=1S/C18H20FNO4/c1-11-5-6-13(19)10-14(11)20-17(21)9-12-7-15(22-2)18(24-4)16(8-12)23-3/h5-8,10H,9H2,1-4H3,(H,20,21). The molecule has 128 valence electrons. The van der Waals surface area contributed by atoms with Gasteiger partial charge in [-0.25, -0.2) is 4.39 Å². The van der Waals surface area contributed by atoms with E-state index in [1.807, 2.05) is 0 Å². The number of ether oxygens (including phenoxy) is 3. The van der Waals surface area contributed by atoms with Crippen molar-refractivity contribution in [1.82, 2.24) is 0 Å². The number of carbonyl (C=O) groups excluding carboxylic acids is 1. The summed E-state index contributed by atoms with van der Waals surface area (Å²) < 4.78 is 29.1. The number of aryl methyl sites for hydroxylation is 1. The maximum atomic E-state index is 13.3. The van der Waals surface area contributed by atoms with Gasteiger partial charge in [0, 0.05) is 5.69 Å². The van der Waals surface area contributed by atoms with Gasteiger partial charge in [-0.05, 0) is 42.3 Å². The fourth-order valence-electron chi connectivity index (χ4n) is 2.35. The van der Waals surface area contributed by atoms with Crippen LogP contribution in [0, 0.1) is 12.7 Å². The smallest absolute Gasteiger partial charge is 0.228 e. The van der Waals surface area contributed by atoms with E-state index in [4.69, 9.17) is 14.2 Å². The molecule has 0 saturated heterocycles. The fraction of sp³-hybridized carbons (Fsp3) is 0.278. The molecule has 0 heterocycles. The Bertz CT molecular complexity index is 721. The molecule has 1 N–H and O–H groups in total. The minimum atomic E-state index is -0.399. The van der Waals surface area contributed by atoms with Gasteiger partial charge in [-0.2, -0.15) is 0 Å². The highest BCUT2D eigenvalue weighted by molar-refractivity contribution is 5.93. The van der Waals surface area contributed by atoms with Crippen molar-refractivity contribution in [3.63, 3.8) is 0 Å². The Labute approximate surface area is 140 Å². The molecule has 0 aliphatic rings. The van der Waals surface area contributed by atoms with Gasteiger partial charge in [0.15, 0.2) is 11.5 Å². The summed E-state index contributed by atoms with van der Waals surface area (Å²) in [6, 6.07) is 7.68. The molecule has 0 bridgehead atoms. The zero-order valence-electron chi connectivity index (χ0n) is 14.1. The average molecular weight is 333 g/mol. The van der Waals surface area contributed by atoms with E-state index in [2.05, 4.69) is 5.32 Å². The van der Waals surface area contributed by atoms with E-state index in [0.29, 0.717) is 28.5 Å². The quantitative estimate of drug-likeness (QED) is 0.881. The molecule has 0 saturated carbocycles.